The molecule has 2 amide bonds. The molecule has 5 heteroatoms. The van der Waals surface area contributed by atoms with Crippen LogP contribution < -0.4 is 5.32 Å². The molecule has 3 rings (SSSR count). The number of phenols is 1. The van der Waals surface area contributed by atoms with Gasteiger partial charge in [-0.25, -0.2) is 4.79 Å². The number of urea groups is 1. The number of rotatable bonds is 6. The number of carbonyl (C=O) groups is 1. The molecule has 24 heavy (non-hydrogen) atoms. The Balaban J connectivity index is 1.60. The van der Waals surface area contributed by atoms with Crippen LogP contribution in [0, 0.1) is 5.92 Å². The van der Waals surface area contributed by atoms with Gasteiger partial charge in [0.1, 0.15) is 5.75 Å². The molecule has 1 saturated carbocycles. The van der Waals surface area contributed by atoms with Crippen molar-refractivity contribution in [3.05, 3.63) is 29.8 Å². The van der Waals surface area contributed by atoms with E-state index < -0.39 is 0 Å². The van der Waals surface area contributed by atoms with Crippen LogP contribution in [0.1, 0.15) is 43.7 Å². The lowest BCUT2D eigenvalue weighted by molar-refractivity contribution is 0.176. The van der Waals surface area contributed by atoms with Crippen LogP contribution in [0.15, 0.2) is 24.3 Å². The Morgan fingerprint density at radius 1 is 1.33 bits per heavy atom. The van der Waals surface area contributed by atoms with Crippen LogP contribution in [0.4, 0.5) is 4.79 Å². The number of hydrogen-bond donors (Lipinski definition) is 2. The fraction of sp³-hybridized carbons (Fsp3) is 0.632. The van der Waals surface area contributed by atoms with E-state index in [1.54, 1.807) is 6.07 Å². The van der Waals surface area contributed by atoms with Gasteiger partial charge >= 0.3 is 6.03 Å². The van der Waals surface area contributed by atoms with E-state index in [1.165, 1.54) is 32.1 Å². The Kier molecular flexibility index (Phi) is 5.61. The number of carbonyl (C=O) groups excluding carboxylic acids is 1. The third-order valence-electron chi connectivity index (χ3n) is 5.39. The summed E-state index contributed by atoms with van der Waals surface area (Å²) in [6, 6.07) is 7.54. The van der Waals surface area contributed by atoms with E-state index in [-0.39, 0.29) is 17.8 Å². The Morgan fingerprint density at radius 2 is 2.08 bits per heavy atom. The van der Waals surface area contributed by atoms with Gasteiger partial charge in [-0.1, -0.05) is 18.6 Å². The van der Waals surface area contributed by atoms with Crippen molar-refractivity contribution in [2.75, 3.05) is 33.2 Å². The number of benzene rings is 1. The van der Waals surface area contributed by atoms with Crippen LogP contribution in [-0.2, 0) is 0 Å². The Morgan fingerprint density at radius 3 is 2.71 bits per heavy atom. The van der Waals surface area contributed by atoms with E-state index in [2.05, 4.69) is 10.2 Å². The van der Waals surface area contributed by atoms with Crippen molar-refractivity contribution >= 4 is 6.03 Å². The molecule has 0 spiro atoms. The predicted molar refractivity (Wildman–Crippen MR) is 95.0 cm³/mol. The van der Waals surface area contributed by atoms with Gasteiger partial charge in [0, 0.05) is 20.1 Å². The molecule has 2 fully saturated rings. The molecule has 132 valence electrons. The summed E-state index contributed by atoms with van der Waals surface area (Å²) in [7, 11) is 1.88. The molecular weight excluding hydrogens is 302 g/mol. The molecule has 2 N–H and O–H groups in total. The van der Waals surface area contributed by atoms with E-state index in [9.17, 15) is 9.90 Å². The summed E-state index contributed by atoms with van der Waals surface area (Å²) in [5, 5.41) is 12.9. The van der Waals surface area contributed by atoms with Crippen molar-refractivity contribution < 1.29 is 9.90 Å². The molecule has 1 aliphatic heterocycles. The van der Waals surface area contributed by atoms with Gasteiger partial charge in [-0.2, -0.15) is 0 Å². The molecule has 1 aromatic carbocycles. The quantitative estimate of drug-likeness (QED) is 0.842. The summed E-state index contributed by atoms with van der Waals surface area (Å²) < 4.78 is 0. The molecule has 1 heterocycles. The summed E-state index contributed by atoms with van der Waals surface area (Å²) in [4.78, 5) is 16.6. The van der Waals surface area contributed by atoms with Crippen molar-refractivity contribution in [3.63, 3.8) is 0 Å². The number of likely N-dealkylation sites (tertiary alicyclic amines) is 1. The monoisotopic (exact) mass is 331 g/mol. The van der Waals surface area contributed by atoms with Gasteiger partial charge < -0.3 is 15.3 Å². The van der Waals surface area contributed by atoms with Crippen molar-refractivity contribution in [3.8, 4) is 5.75 Å². The third kappa shape index (κ3) is 4.20. The van der Waals surface area contributed by atoms with Gasteiger partial charge in [-0.15, -0.1) is 0 Å². The first-order chi connectivity index (χ1) is 11.6. The van der Waals surface area contributed by atoms with Crippen LogP contribution in [-0.4, -0.2) is 54.2 Å². The highest BCUT2D eigenvalue weighted by Crippen LogP contribution is 2.28. The van der Waals surface area contributed by atoms with Crippen molar-refractivity contribution in [1.82, 2.24) is 15.1 Å². The Labute approximate surface area is 144 Å². The van der Waals surface area contributed by atoms with Gasteiger partial charge in [0.25, 0.3) is 0 Å². The number of nitrogens with one attached hydrogen (secondary N) is 1. The predicted octanol–water partition coefficient (Wildman–Crippen LogP) is 2.97. The maximum Gasteiger partial charge on any atom is 0.317 e. The molecule has 0 radical (unpaired) electrons. The average Bonchev–Trinajstić information content (AvgIpc) is 3.05. The van der Waals surface area contributed by atoms with Gasteiger partial charge in [0.2, 0.25) is 0 Å². The molecule has 1 atom stereocenters. The molecule has 1 saturated heterocycles. The second-order valence-electron chi connectivity index (χ2n) is 7.22. The molecule has 0 bridgehead atoms. The van der Waals surface area contributed by atoms with Gasteiger partial charge in [-0.3, -0.25) is 4.90 Å². The Hall–Kier alpha value is -1.75. The fourth-order valence-corrected chi connectivity index (χ4v) is 3.71. The van der Waals surface area contributed by atoms with E-state index in [4.69, 9.17) is 0 Å². The maximum atomic E-state index is 12.4. The van der Waals surface area contributed by atoms with Crippen LogP contribution in [0.25, 0.3) is 0 Å². The molecule has 2 aliphatic rings. The van der Waals surface area contributed by atoms with E-state index in [0.717, 1.165) is 25.2 Å². The van der Waals surface area contributed by atoms with E-state index in [1.807, 2.05) is 30.1 Å². The molecule has 1 aromatic rings. The highest BCUT2D eigenvalue weighted by Gasteiger charge is 2.26. The number of aromatic hydroxyl groups is 1. The highest BCUT2D eigenvalue weighted by molar-refractivity contribution is 5.73. The molecular formula is C19H29N3O2. The number of amides is 2. The SMILES string of the molecule is CN(CC1CCC1)C(=O)NC[C@H](c1cccc(O)c1)N1CCCC1. The summed E-state index contributed by atoms with van der Waals surface area (Å²) in [6.07, 6.45) is 6.19. The Bertz CT molecular complexity index is 553. The van der Waals surface area contributed by atoms with Gasteiger partial charge in [-0.05, 0) is 62.4 Å². The summed E-state index contributed by atoms with van der Waals surface area (Å²) >= 11 is 0. The lowest BCUT2D eigenvalue weighted by atomic mass is 9.85. The summed E-state index contributed by atoms with van der Waals surface area (Å²) in [5.74, 6) is 0.964. The maximum absolute atomic E-state index is 12.4. The average molecular weight is 331 g/mol. The zero-order valence-electron chi connectivity index (χ0n) is 14.6. The summed E-state index contributed by atoms with van der Waals surface area (Å²) in [5.41, 5.74) is 1.07. The first-order valence-corrected chi connectivity index (χ1v) is 9.15. The van der Waals surface area contributed by atoms with E-state index >= 15 is 0 Å². The highest BCUT2D eigenvalue weighted by atomic mass is 16.3. The van der Waals surface area contributed by atoms with Gasteiger partial charge in [0.15, 0.2) is 0 Å². The van der Waals surface area contributed by atoms with Gasteiger partial charge in [0.05, 0.1) is 6.04 Å². The molecule has 0 aromatic heterocycles. The smallest absolute Gasteiger partial charge is 0.317 e. The van der Waals surface area contributed by atoms with Crippen molar-refractivity contribution in [2.24, 2.45) is 5.92 Å². The van der Waals surface area contributed by atoms with Crippen LogP contribution in [0.3, 0.4) is 0 Å². The number of hydrogen-bond acceptors (Lipinski definition) is 3. The normalized spacial score (nSPS) is 19.7. The van der Waals surface area contributed by atoms with Crippen molar-refractivity contribution in [1.29, 1.82) is 0 Å². The minimum absolute atomic E-state index is 0.00579. The minimum atomic E-state index is 0.00579. The fourth-order valence-electron chi connectivity index (χ4n) is 3.71. The molecule has 0 unspecified atom stereocenters. The molecule has 1 aliphatic carbocycles. The summed E-state index contributed by atoms with van der Waals surface area (Å²) in [6.45, 7) is 3.53. The second-order valence-corrected chi connectivity index (χ2v) is 7.22. The third-order valence-corrected chi connectivity index (χ3v) is 5.39. The second kappa shape index (κ2) is 7.88. The van der Waals surface area contributed by atoms with Crippen molar-refractivity contribution in [2.45, 2.75) is 38.1 Å². The van der Waals surface area contributed by atoms with Crippen LogP contribution in [0.5, 0.6) is 5.75 Å². The minimum Gasteiger partial charge on any atom is -0.508 e. The first-order valence-electron chi connectivity index (χ1n) is 9.15. The topological polar surface area (TPSA) is 55.8 Å². The lowest BCUT2D eigenvalue weighted by Gasteiger charge is -2.32. The van der Waals surface area contributed by atoms with Crippen LogP contribution >= 0.6 is 0 Å². The first kappa shape index (κ1) is 17.1. The van der Waals surface area contributed by atoms with E-state index in [0.29, 0.717) is 12.5 Å². The number of nitrogens with zero attached hydrogens (tertiary/aromatic N) is 2. The lowest BCUT2D eigenvalue weighted by Crippen LogP contribution is -2.44. The zero-order valence-corrected chi connectivity index (χ0v) is 14.6. The molecule has 5 nitrogen and oxygen atoms in total. The largest absolute Gasteiger partial charge is 0.508 e. The number of phenolic OH excluding ortho intramolecular Hbond substituents is 1. The zero-order chi connectivity index (χ0) is 16.9. The van der Waals surface area contributed by atoms with Crippen LogP contribution in [0.2, 0.25) is 0 Å². The standard InChI is InChI=1S/C19H29N3O2/c1-21(14-15-6-4-7-15)19(24)20-13-18(22-10-2-3-11-22)16-8-5-9-17(23)12-16/h5,8-9,12,15,18,23H,2-4,6-7,10-11,13-14H2,1H3,(H,20,24)/t18-/m1/s1.